The third-order valence-corrected chi connectivity index (χ3v) is 7.26. The molecule has 1 unspecified atom stereocenters. The van der Waals surface area contributed by atoms with Gasteiger partial charge in [0.25, 0.3) is 5.91 Å². The number of piperazine rings is 1. The first-order valence-corrected chi connectivity index (χ1v) is 11.9. The minimum Gasteiger partial charge on any atom is -0.464 e. The minimum absolute atomic E-state index is 0.189. The molecule has 0 aliphatic carbocycles. The summed E-state index contributed by atoms with van der Waals surface area (Å²) in [7, 11) is 0. The van der Waals surface area contributed by atoms with E-state index in [2.05, 4.69) is 16.3 Å². The maximum Gasteiger partial charge on any atom is 0.255 e. The van der Waals surface area contributed by atoms with Crippen molar-refractivity contribution in [1.29, 1.82) is 0 Å². The maximum atomic E-state index is 15.1. The summed E-state index contributed by atoms with van der Waals surface area (Å²) in [6.07, 6.45) is 2.18. The van der Waals surface area contributed by atoms with Crippen molar-refractivity contribution >= 4 is 34.4 Å². The van der Waals surface area contributed by atoms with E-state index in [-0.39, 0.29) is 31.2 Å². The minimum atomic E-state index is -0.707. The molecule has 3 aromatic rings. The lowest BCUT2D eigenvalue weighted by molar-refractivity contribution is -0.136. The Kier molecular flexibility index (Phi) is 5.29. The molecule has 3 aliphatic rings. The summed E-state index contributed by atoms with van der Waals surface area (Å²) < 4.78 is 20.8. The summed E-state index contributed by atoms with van der Waals surface area (Å²) >= 11 is 0. The van der Waals surface area contributed by atoms with Crippen LogP contribution in [0.5, 0.6) is 0 Å². The molecule has 3 amide bonds. The summed E-state index contributed by atoms with van der Waals surface area (Å²) in [6, 6.07) is 10.4. The Bertz CT molecular complexity index is 1340. The van der Waals surface area contributed by atoms with Gasteiger partial charge >= 0.3 is 0 Å². The summed E-state index contributed by atoms with van der Waals surface area (Å²) in [5, 5.41) is 3.38. The Morgan fingerprint density at radius 2 is 1.89 bits per heavy atom. The third kappa shape index (κ3) is 3.85. The fourth-order valence-electron chi connectivity index (χ4n) is 5.39. The van der Waals surface area contributed by atoms with E-state index in [9.17, 15) is 14.4 Å². The van der Waals surface area contributed by atoms with Crippen molar-refractivity contribution in [2.75, 3.05) is 31.1 Å². The van der Waals surface area contributed by atoms with E-state index in [0.717, 1.165) is 36.2 Å². The molecule has 6 rings (SSSR count). The normalized spacial score (nSPS) is 21.1. The van der Waals surface area contributed by atoms with Crippen molar-refractivity contribution in [3.63, 3.8) is 0 Å². The summed E-state index contributed by atoms with van der Waals surface area (Å²) in [5.74, 6) is -1.60. The van der Waals surface area contributed by atoms with Gasteiger partial charge in [-0.15, -0.1) is 0 Å². The highest BCUT2D eigenvalue weighted by Crippen LogP contribution is 2.33. The quantitative estimate of drug-likeness (QED) is 0.583. The highest BCUT2D eigenvalue weighted by atomic mass is 19.1. The zero-order valence-electron chi connectivity index (χ0n) is 19.1. The molecule has 0 radical (unpaired) electrons. The molecule has 8 nitrogen and oxygen atoms in total. The van der Waals surface area contributed by atoms with E-state index in [0.29, 0.717) is 29.9 Å². The number of para-hydroxylation sites is 1. The molecule has 2 aromatic carbocycles. The van der Waals surface area contributed by atoms with Crippen LogP contribution >= 0.6 is 0 Å². The van der Waals surface area contributed by atoms with Crippen molar-refractivity contribution in [1.82, 2.24) is 15.1 Å². The zero-order chi connectivity index (χ0) is 24.1. The molecule has 35 heavy (non-hydrogen) atoms. The molecule has 4 heterocycles. The van der Waals surface area contributed by atoms with Crippen molar-refractivity contribution in [3.05, 3.63) is 65.2 Å². The van der Waals surface area contributed by atoms with Crippen LogP contribution in [0.15, 0.2) is 47.1 Å². The number of carbonyl (C=O) groups excluding carboxylic acids is 3. The number of furan rings is 1. The number of benzene rings is 2. The molecule has 0 spiro atoms. The number of piperidine rings is 1. The van der Waals surface area contributed by atoms with Crippen LogP contribution in [0.3, 0.4) is 0 Å². The predicted octanol–water partition coefficient (Wildman–Crippen LogP) is 2.66. The van der Waals surface area contributed by atoms with Gasteiger partial charge in [0.05, 0.1) is 12.0 Å². The number of imide groups is 1. The molecule has 2 saturated heterocycles. The fraction of sp³-hybridized carbons (Fsp3) is 0.346. The lowest BCUT2D eigenvalue weighted by Gasteiger charge is -2.36. The lowest BCUT2D eigenvalue weighted by atomic mass is 10.0. The number of nitrogens with zero attached hydrogens (tertiary/aromatic N) is 3. The molecular formula is C26H25FN4O4. The van der Waals surface area contributed by atoms with Crippen LogP contribution in [-0.4, -0.2) is 59.7 Å². The van der Waals surface area contributed by atoms with E-state index < -0.39 is 17.8 Å². The second-order valence-electron chi connectivity index (χ2n) is 9.38. The van der Waals surface area contributed by atoms with Gasteiger partial charge < -0.3 is 14.2 Å². The predicted molar refractivity (Wildman–Crippen MR) is 126 cm³/mol. The van der Waals surface area contributed by atoms with E-state index in [1.165, 1.54) is 11.0 Å². The van der Waals surface area contributed by atoms with Crippen LogP contribution in [0.4, 0.5) is 10.1 Å². The SMILES string of the molecule is O=C1CCC(N2Cc3cc(N4CCN(Cc5cccc6ccoc56)CC4)c(F)cc3C2=O)C(=O)N1. The molecule has 2 fully saturated rings. The zero-order valence-corrected chi connectivity index (χ0v) is 19.1. The van der Waals surface area contributed by atoms with Crippen molar-refractivity contribution < 1.29 is 23.2 Å². The third-order valence-electron chi connectivity index (χ3n) is 7.26. The van der Waals surface area contributed by atoms with Gasteiger partial charge in [-0.3, -0.25) is 24.6 Å². The smallest absolute Gasteiger partial charge is 0.255 e. The maximum absolute atomic E-state index is 15.1. The van der Waals surface area contributed by atoms with Gasteiger partial charge in [0, 0.05) is 62.2 Å². The summed E-state index contributed by atoms with van der Waals surface area (Å²) in [4.78, 5) is 42.4. The first kappa shape index (κ1) is 21.8. The molecule has 180 valence electrons. The number of halogens is 1. The summed E-state index contributed by atoms with van der Waals surface area (Å²) in [6.45, 7) is 3.87. The Balaban J connectivity index is 1.15. The number of rotatable bonds is 4. The van der Waals surface area contributed by atoms with Crippen LogP contribution < -0.4 is 10.2 Å². The molecule has 0 saturated carbocycles. The number of fused-ring (bicyclic) bond motifs is 2. The van der Waals surface area contributed by atoms with Gasteiger partial charge in [0.15, 0.2) is 0 Å². The first-order valence-electron chi connectivity index (χ1n) is 11.9. The monoisotopic (exact) mass is 476 g/mol. The standard InChI is InChI=1S/C26H25FN4O4/c27-20-13-19-18(15-31(26(19)34)21-4-5-23(32)28-25(21)33)12-22(20)30-9-7-29(8-10-30)14-17-3-1-2-16-6-11-35-24(16)17/h1-3,6,11-13,21H,4-5,7-10,14-15H2,(H,28,32,33). The number of hydrogen-bond acceptors (Lipinski definition) is 6. The molecule has 3 aliphatic heterocycles. The number of hydrogen-bond donors (Lipinski definition) is 1. The van der Waals surface area contributed by atoms with Crippen LogP contribution in [0.2, 0.25) is 0 Å². The molecular weight excluding hydrogens is 451 g/mol. The number of carbonyl (C=O) groups is 3. The Labute approximate surface area is 201 Å². The molecule has 1 atom stereocenters. The van der Waals surface area contributed by atoms with E-state index in [4.69, 9.17) is 4.42 Å². The second-order valence-corrected chi connectivity index (χ2v) is 9.38. The Morgan fingerprint density at radius 1 is 1.06 bits per heavy atom. The van der Waals surface area contributed by atoms with Gasteiger partial charge in [-0.25, -0.2) is 4.39 Å². The van der Waals surface area contributed by atoms with Gasteiger partial charge in [-0.1, -0.05) is 18.2 Å². The van der Waals surface area contributed by atoms with Crippen molar-refractivity contribution in [2.45, 2.75) is 32.0 Å². The molecule has 9 heteroatoms. The van der Waals surface area contributed by atoms with E-state index in [1.807, 2.05) is 23.1 Å². The van der Waals surface area contributed by atoms with Crippen LogP contribution in [0, 0.1) is 5.82 Å². The van der Waals surface area contributed by atoms with Gasteiger partial charge in [0.1, 0.15) is 17.4 Å². The molecule has 1 N–H and O–H groups in total. The van der Waals surface area contributed by atoms with Crippen LogP contribution in [0.1, 0.15) is 34.3 Å². The Morgan fingerprint density at radius 3 is 2.69 bits per heavy atom. The highest BCUT2D eigenvalue weighted by Gasteiger charge is 2.40. The number of nitrogens with one attached hydrogen (secondary N) is 1. The highest BCUT2D eigenvalue weighted by molar-refractivity contribution is 6.05. The second kappa shape index (κ2) is 8.49. The average Bonchev–Trinajstić information content (AvgIpc) is 3.45. The number of anilines is 1. The van der Waals surface area contributed by atoms with Gasteiger partial charge in [0.2, 0.25) is 11.8 Å². The average molecular weight is 477 g/mol. The largest absolute Gasteiger partial charge is 0.464 e. The summed E-state index contributed by atoms with van der Waals surface area (Å²) in [5.41, 5.74) is 3.53. The van der Waals surface area contributed by atoms with Gasteiger partial charge in [-0.05, 0) is 30.2 Å². The first-order chi connectivity index (χ1) is 17.0. The number of amides is 3. The topological polar surface area (TPSA) is 86.1 Å². The lowest BCUT2D eigenvalue weighted by Crippen LogP contribution is -2.52. The van der Waals surface area contributed by atoms with E-state index in [1.54, 1.807) is 12.3 Å². The van der Waals surface area contributed by atoms with Crippen LogP contribution in [0.25, 0.3) is 11.0 Å². The van der Waals surface area contributed by atoms with Crippen LogP contribution in [-0.2, 0) is 22.7 Å². The molecule has 1 aromatic heterocycles. The van der Waals surface area contributed by atoms with E-state index >= 15 is 4.39 Å². The Hall–Kier alpha value is -3.72. The fourth-order valence-corrected chi connectivity index (χ4v) is 5.39. The van der Waals surface area contributed by atoms with Crippen molar-refractivity contribution in [2.24, 2.45) is 0 Å². The van der Waals surface area contributed by atoms with Crippen molar-refractivity contribution in [3.8, 4) is 0 Å². The van der Waals surface area contributed by atoms with Gasteiger partial charge in [-0.2, -0.15) is 0 Å². The molecule has 0 bridgehead atoms.